The molecule has 1 fully saturated rings. The Kier molecular flexibility index (Phi) is 4.20. The van der Waals surface area contributed by atoms with Crippen LogP contribution < -0.4 is 4.74 Å². The quantitative estimate of drug-likeness (QED) is 0.777. The third kappa shape index (κ3) is 2.65. The van der Waals surface area contributed by atoms with Gasteiger partial charge in [0.15, 0.2) is 6.29 Å². The molecule has 2 rings (SSSR count). The Balaban J connectivity index is 2.29. The van der Waals surface area contributed by atoms with Crippen molar-refractivity contribution in [2.75, 3.05) is 6.61 Å². The Labute approximate surface area is 115 Å². The van der Waals surface area contributed by atoms with Gasteiger partial charge >= 0.3 is 0 Å². The average molecular weight is 311 g/mol. The number of hydrogen-bond donors (Lipinski definition) is 0. The molecule has 0 amide bonds. The minimum atomic E-state index is -0.225. The molecule has 1 saturated heterocycles. The summed E-state index contributed by atoms with van der Waals surface area (Å²) < 4.78 is 12.1. The fourth-order valence-electron chi connectivity index (χ4n) is 1.98. The number of rotatable bonds is 2. The normalized spacial score (nSPS) is 19.3. The molecule has 18 heavy (non-hydrogen) atoms. The second kappa shape index (κ2) is 5.68. The molecule has 1 aromatic rings. The van der Waals surface area contributed by atoms with E-state index in [1.165, 1.54) is 0 Å². The number of halogens is 1. The Morgan fingerprint density at radius 3 is 2.78 bits per heavy atom. The molecular weight excluding hydrogens is 296 g/mol. The van der Waals surface area contributed by atoms with Crippen molar-refractivity contribution in [1.29, 1.82) is 0 Å². The molecule has 1 aliphatic rings. The lowest BCUT2D eigenvalue weighted by Gasteiger charge is -2.25. The van der Waals surface area contributed by atoms with E-state index in [-0.39, 0.29) is 6.29 Å². The van der Waals surface area contributed by atoms with Gasteiger partial charge in [0.2, 0.25) is 5.69 Å². The van der Waals surface area contributed by atoms with E-state index in [4.69, 9.17) is 16.0 Å². The fourth-order valence-corrected chi connectivity index (χ4v) is 2.74. The zero-order valence-electron chi connectivity index (χ0n) is 10.5. The van der Waals surface area contributed by atoms with Crippen LogP contribution in [0.1, 0.15) is 30.7 Å². The van der Waals surface area contributed by atoms with Crippen molar-refractivity contribution in [3.63, 3.8) is 0 Å². The van der Waals surface area contributed by atoms with Gasteiger partial charge in [-0.25, -0.2) is 4.85 Å². The number of hydrogen-bond acceptors (Lipinski definition) is 3. The first-order chi connectivity index (χ1) is 8.63. The molecule has 0 radical (unpaired) electrons. The van der Waals surface area contributed by atoms with E-state index in [1.54, 1.807) is 0 Å². The molecule has 1 atom stereocenters. The highest BCUT2D eigenvalue weighted by Crippen LogP contribution is 2.39. The highest BCUT2D eigenvalue weighted by atomic mass is 79.9. The summed E-state index contributed by atoms with van der Waals surface area (Å²) in [4.78, 5) is 7.83. The summed E-state index contributed by atoms with van der Waals surface area (Å²) in [5, 5.41) is 0. The van der Waals surface area contributed by atoms with Gasteiger partial charge in [-0.1, -0.05) is 15.9 Å². The van der Waals surface area contributed by atoms with Crippen LogP contribution in [0.15, 0.2) is 4.47 Å². The molecule has 0 aliphatic carbocycles. The van der Waals surface area contributed by atoms with Crippen molar-refractivity contribution in [1.82, 2.24) is 4.98 Å². The second-order valence-electron chi connectivity index (χ2n) is 4.30. The Morgan fingerprint density at radius 1 is 1.39 bits per heavy atom. The van der Waals surface area contributed by atoms with Gasteiger partial charge in [0, 0.05) is 12.1 Å². The van der Waals surface area contributed by atoms with Gasteiger partial charge in [0.05, 0.1) is 23.3 Å². The predicted molar refractivity (Wildman–Crippen MR) is 71.9 cm³/mol. The molecule has 1 unspecified atom stereocenters. The van der Waals surface area contributed by atoms with E-state index in [1.807, 2.05) is 13.8 Å². The van der Waals surface area contributed by atoms with Crippen LogP contribution in [0.4, 0.5) is 5.69 Å². The first kappa shape index (κ1) is 13.3. The molecule has 2 heterocycles. The van der Waals surface area contributed by atoms with Gasteiger partial charge in [-0.2, -0.15) is 0 Å². The highest BCUT2D eigenvalue weighted by Gasteiger charge is 2.21. The minimum Gasteiger partial charge on any atom is -0.463 e. The number of nitrogens with zero attached hydrogens (tertiary/aromatic N) is 2. The van der Waals surface area contributed by atoms with Crippen molar-refractivity contribution in [2.24, 2.45) is 0 Å². The van der Waals surface area contributed by atoms with Crippen LogP contribution in [-0.4, -0.2) is 17.9 Å². The molecule has 0 spiro atoms. The summed E-state index contributed by atoms with van der Waals surface area (Å²) in [7, 11) is 0. The number of ether oxygens (including phenoxy) is 2. The maximum Gasteiger partial charge on any atom is 0.225 e. The smallest absolute Gasteiger partial charge is 0.225 e. The van der Waals surface area contributed by atoms with Crippen molar-refractivity contribution < 1.29 is 9.47 Å². The first-order valence-corrected chi connectivity index (χ1v) is 6.75. The van der Waals surface area contributed by atoms with Crippen LogP contribution in [0.5, 0.6) is 5.75 Å². The van der Waals surface area contributed by atoms with Crippen LogP contribution in [-0.2, 0) is 4.74 Å². The maximum absolute atomic E-state index is 7.18. The monoisotopic (exact) mass is 310 g/mol. The molecule has 0 bridgehead atoms. The van der Waals surface area contributed by atoms with E-state index in [0.717, 1.165) is 31.6 Å². The van der Waals surface area contributed by atoms with Crippen molar-refractivity contribution in [3.8, 4) is 5.75 Å². The molecule has 1 aromatic heterocycles. The first-order valence-electron chi connectivity index (χ1n) is 5.96. The third-order valence-corrected chi connectivity index (χ3v) is 3.65. The summed E-state index contributed by atoms with van der Waals surface area (Å²) in [6.07, 6.45) is 2.85. The average Bonchev–Trinajstić information content (AvgIpc) is 2.36. The molecular formula is C13H15BrN2O2. The van der Waals surface area contributed by atoms with Crippen molar-refractivity contribution in [2.45, 2.75) is 39.4 Å². The van der Waals surface area contributed by atoms with Crippen molar-refractivity contribution in [3.05, 3.63) is 27.3 Å². The zero-order valence-corrected chi connectivity index (χ0v) is 12.1. The summed E-state index contributed by atoms with van der Waals surface area (Å²) >= 11 is 3.44. The fraction of sp³-hybridized carbons (Fsp3) is 0.538. The Hall–Kier alpha value is -1.12. The van der Waals surface area contributed by atoms with E-state index in [0.29, 0.717) is 21.6 Å². The van der Waals surface area contributed by atoms with E-state index < -0.39 is 0 Å². The van der Waals surface area contributed by atoms with E-state index in [9.17, 15) is 0 Å². The molecule has 5 heteroatoms. The standard InChI is InChI=1S/C13H15BrN2O2/c1-8-12(15-3)11(14)13(9(2)16-8)18-10-6-4-5-7-17-10/h10H,4-7H2,1-2H3. The van der Waals surface area contributed by atoms with Gasteiger partial charge in [0.25, 0.3) is 0 Å². The highest BCUT2D eigenvalue weighted by molar-refractivity contribution is 9.10. The van der Waals surface area contributed by atoms with Crippen LogP contribution in [0.25, 0.3) is 4.85 Å². The van der Waals surface area contributed by atoms with Crippen LogP contribution >= 0.6 is 15.9 Å². The summed E-state index contributed by atoms with van der Waals surface area (Å²) in [6.45, 7) is 11.6. The molecule has 4 nitrogen and oxygen atoms in total. The van der Waals surface area contributed by atoms with E-state index >= 15 is 0 Å². The minimum absolute atomic E-state index is 0.225. The molecule has 0 N–H and O–H groups in total. The lowest BCUT2D eigenvalue weighted by molar-refractivity contribution is -0.106. The van der Waals surface area contributed by atoms with E-state index in [2.05, 4.69) is 25.8 Å². The van der Waals surface area contributed by atoms with Crippen LogP contribution in [0.3, 0.4) is 0 Å². The summed E-state index contributed by atoms with van der Waals surface area (Å²) in [6, 6.07) is 0. The number of aryl methyl sites for hydroxylation is 2. The molecule has 0 saturated carbocycles. The van der Waals surface area contributed by atoms with Gasteiger partial charge in [-0.3, -0.25) is 4.98 Å². The predicted octanol–water partition coefficient (Wildman–Crippen LogP) is 3.92. The Bertz CT molecular complexity index is 491. The summed E-state index contributed by atoms with van der Waals surface area (Å²) in [5.74, 6) is 0.624. The second-order valence-corrected chi connectivity index (χ2v) is 5.09. The molecule has 0 aromatic carbocycles. The lowest BCUT2D eigenvalue weighted by atomic mass is 10.2. The van der Waals surface area contributed by atoms with Gasteiger partial charge in [-0.05, 0) is 26.7 Å². The largest absolute Gasteiger partial charge is 0.463 e. The lowest BCUT2D eigenvalue weighted by Crippen LogP contribution is -2.25. The van der Waals surface area contributed by atoms with Gasteiger partial charge in [0.1, 0.15) is 5.75 Å². The maximum atomic E-state index is 7.18. The molecule has 1 aliphatic heterocycles. The Morgan fingerprint density at radius 2 is 2.17 bits per heavy atom. The topological polar surface area (TPSA) is 35.7 Å². The third-order valence-electron chi connectivity index (χ3n) is 2.91. The zero-order chi connectivity index (χ0) is 13.1. The van der Waals surface area contributed by atoms with Gasteiger partial charge < -0.3 is 9.47 Å². The number of pyridine rings is 1. The SMILES string of the molecule is [C-]#[N+]c1c(C)nc(C)c(OC2CCCCO2)c1Br. The van der Waals surface area contributed by atoms with Crippen molar-refractivity contribution >= 4 is 21.6 Å². The molecule has 96 valence electrons. The van der Waals surface area contributed by atoms with Gasteiger partial charge in [-0.15, -0.1) is 0 Å². The number of aromatic nitrogens is 1. The van der Waals surface area contributed by atoms with Crippen LogP contribution in [0.2, 0.25) is 0 Å². The van der Waals surface area contributed by atoms with Crippen LogP contribution in [0, 0.1) is 20.4 Å². The summed E-state index contributed by atoms with van der Waals surface area (Å²) in [5.41, 5.74) is 2.00.